The normalized spacial score (nSPS) is 11.0. The molecular weight excluding hydrogens is 433 g/mol. The van der Waals surface area contributed by atoms with E-state index in [4.69, 9.17) is 0 Å². The van der Waals surface area contributed by atoms with Gasteiger partial charge in [-0.25, -0.2) is 0 Å². The van der Waals surface area contributed by atoms with Crippen LogP contribution in [0.4, 0.5) is 0 Å². The molecular formula is C17H26IN5S. The summed E-state index contributed by atoms with van der Waals surface area (Å²) in [5.41, 5.74) is 1.28. The zero-order chi connectivity index (χ0) is 16.5. The first kappa shape index (κ1) is 20.8. The van der Waals surface area contributed by atoms with E-state index in [2.05, 4.69) is 57.9 Å². The van der Waals surface area contributed by atoms with Crippen LogP contribution in [-0.2, 0) is 13.1 Å². The van der Waals surface area contributed by atoms with Crippen LogP contribution in [0.15, 0.2) is 52.6 Å². The van der Waals surface area contributed by atoms with Crippen molar-refractivity contribution in [3.8, 4) is 0 Å². The van der Waals surface area contributed by atoms with Gasteiger partial charge in [0.15, 0.2) is 5.96 Å². The van der Waals surface area contributed by atoms with Gasteiger partial charge in [0.05, 0.1) is 0 Å². The SMILES string of the molecule is CN=C(NCCCn1cccn1)N(C)Cc1ccc(SC)cc1.I. The van der Waals surface area contributed by atoms with Crippen LogP contribution in [0.1, 0.15) is 12.0 Å². The van der Waals surface area contributed by atoms with Gasteiger partial charge in [-0.15, -0.1) is 35.7 Å². The van der Waals surface area contributed by atoms with E-state index in [0.717, 1.165) is 32.0 Å². The van der Waals surface area contributed by atoms with Gasteiger partial charge >= 0.3 is 0 Å². The molecule has 0 amide bonds. The van der Waals surface area contributed by atoms with Crippen LogP contribution in [0.5, 0.6) is 0 Å². The van der Waals surface area contributed by atoms with E-state index in [9.17, 15) is 0 Å². The van der Waals surface area contributed by atoms with Crippen LogP contribution in [0.2, 0.25) is 0 Å². The summed E-state index contributed by atoms with van der Waals surface area (Å²) in [4.78, 5) is 7.79. The Morgan fingerprint density at radius 3 is 2.67 bits per heavy atom. The number of guanidine groups is 1. The van der Waals surface area contributed by atoms with Crippen molar-refractivity contribution in [2.24, 2.45) is 4.99 Å². The lowest BCUT2D eigenvalue weighted by atomic mass is 10.2. The third-order valence-electron chi connectivity index (χ3n) is 3.56. The summed E-state index contributed by atoms with van der Waals surface area (Å²) >= 11 is 1.76. The fraction of sp³-hybridized carbons (Fsp3) is 0.412. The number of aromatic nitrogens is 2. The molecule has 2 rings (SSSR count). The number of thioether (sulfide) groups is 1. The Balaban J connectivity index is 0.00000288. The molecule has 0 fully saturated rings. The Kier molecular flexibility index (Phi) is 9.85. The third-order valence-corrected chi connectivity index (χ3v) is 4.30. The van der Waals surface area contributed by atoms with Gasteiger partial charge < -0.3 is 10.2 Å². The minimum Gasteiger partial charge on any atom is -0.356 e. The van der Waals surface area contributed by atoms with Crippen molar-refractivity contribution < 1.29 is 0 Å². The van der Waals surface area contributed by atoms with Crippen LogP contribution in [0.3, 0.4) is 0 Å². The smallest absolute Gasteiger partial charge is 0.193 e. The van der Waals surface area contributed by atoms with Crippen molar-refractivity contribution in [2.75, 3.05) is 26.9 Å². The van der Waals surface area contributed by atoms with E-state index < -0.39 is 0 Å². The second-order valence-electron chi connectivity index (χ2n) is 5.30. The molecule has 0 aliphatic heterocycles. The number of hydrogen-bond acceptors (Lipinski definition) is 3. The molecule has 1 heterocycles. The number of hydrogen-bond donors (Lipinski definition) is 1. The van der Waals surface area contributed by atoms with Gasteiger partial charge in [0, 0.05) is 51.0 Å². The summed E-state index contributed by atoms with van der Waals surface area (Å²) in [6, 6.07) is 10.6. The lowest BCUT2D eigenvalue weighted by Gasteiger charge is -2.22. The summed E-state index contributed by atoms with van der Waals surface area (Å²) in [7, 11) is 3.88. The highest BCUT2D eigenvalue weighted by Gasteiger charge is 2.06. The van der Waals surface area contributed by atoms with E-state index >= 15 is 0 Å². The molecule has 0 atom stereocenters. The number of rotatable bonds is 7. The molecule has 1 aromatic heterocycles. The highest BCUT2D eigenvalue weighted by atomic mass is 127. The Bertz CT molecular complexity index is 598. The Morgan fingerprint density at radius 1 is 1.33 bits per heavy atom. The van der Waals surface area contributed by atoms with Crippen molar-refractivity contribution in [1.29, 1.82) is 0 Å². The molecule has 132 valence electrons. The average Bonchev–Trinajstić information content (AvgIpc) is 3.09. The second kappa shape index (κ2) is 11.4. The lowest BCUT2D eigenvalue weighted by Crippen LogP contribution is -2.39. The molecule has 5 nitrogen and oxygen atoms in total. The molecule has 1 aromatic carbocycles. The zero-order valence-electron chi connectivity index (χ0n) is 14.5. The lowest BCUT2D eigenvalue weighted by molar-refractivity contribution is 0.471. The van der Waals surface area contributed by atoms with Crippen LogP contribution in [-0.4, -0.2) is 47.5 Å². The van der Waals surface area contributed by atoms with Crippen LogP contribution in [0, 0.1) is 0 Å². The predicted molar refractivity (Wildman–Crippen MR) is 113 cm³/mol. The fourth-order valence-corrected chi connectivity index (χ4v) is 2.75. The molecule has 1 N–H and O–H groups in total. The standard InChI is InChI=1S/C17H25N5S.HI/c1-18-17(19-10-4-12-22-13-5-11-20-22)21(2)14-15-6-8-16(23-3)9-7-15;/h5-9,11,13H,4,10,12,14H2,1-3H3,(H,18,19);1H. The molecule has 0 aliphatic rings. The first-order valence-electron chi connectivity index (χ1n) is 7.75. The van der Waals surface area contributed by atoms with Gasteiger partial charge in [-0.1, -0.05) is 12.1 Å². The first-order chi connectivity index (χ1) is 11.2. The number of nitrogens with one attached hydrogen (secondary N) is 1. The summed E-state index contributed by atoms with van der Waals surface area (Å²) < 4.78 is 1.95. The van der Waals surface area contributed by atoms with Gasteiger partial charge in [-0.2, -0.15) is 5.10 Å². The monoisotopic (exact) mass is 459 g/mol. The third kappa shape index (κ3) is 6.72. The minimum absolute atomic E-state index is 0. The first-order valence-corrected chi connectivity index (χ1v) is 8.97. The molecule has 0 unspecified atom stereocenters. The topological polar surface area (TPSA) is 45.5 Å². The summed E-state index contributed by atoms with van der Waals surface area (Å²) in [6.45, 7) is 2.63. The molecule has 24 heavy (non-hydrogen) atoms. The van der Waals surface area contributed by atoms with Crippen molar-refractivity contribution in [2.45, 2.75) is 24.4 Å². The maximum atomic E-state index is 4.36. The van der Waals surface area contributed by atoms with Gasteiger partial charge in [-0.05, 0) is 36.4 Å². The highest BCUT2D eigenvalue weighted by molar-refractivity contribution is 14.0. The van der Waals surface area contributed by atoms with E-state index in [1.165, 1.54) is 10.5 Å². The summed E-state index contributed by atoms with van der Waals surface area (Å²) in [6.07, 6.45) is 6.90. The van der Waals surface area contributed by atoms with Crippen molar-refractivity contribution in [3.05, 3.63) is 48.3 Å². The second-order valence-corrected chi connectivity index (χ2v) is 6.18. The summed E-state index contributed by atoms with van der Waals surface area (Å²) in [5, 5.41) is 7.61. The van der Waals surface area contributed by atoms with E-state index in [1.807, 2.05) is 30.2 Å². The van der Waals surface area contributed by atoms with Gasteiger partial charge in [0.1, 0.15) is 0 Å². The number of aryl methyl sites for hydroxylation is 1. The van der Waals surface area contributed by atoms with Gasteiger partial charge in [0.2, 0.25) is 0 Å². The Hall–Kier alpha value is -1.22. The Morgan fingerprint density at radius 2 is 2.08 bits per heavy atom. The predicted octanol–water partition coefficient (Wildman–Crippen LogP) is 3.32. The van der Waals surface area contributed by atoms with Crippen LogP contribution >= 0.6 is 35.7 Å². The number of nitrogens with zero attached hydrogens (tertiary/aromatic N) is 4. The van der Waals surface area contributed by atoms with E-state index in [0.29, 0.717) is 0 Å². The van der Waals surface area contributed by atoms with Crippen LogP contribution in [0.25, 0.3) is 0 Å². The Labute approximate surface area is 165 Å². The van der Waals surface area contributed by atoms with Crippen molar-refractivity contribution >= 4 is 41.7 Å². The maximum Gasteiger partial charge on any atom is 0.193 e. The maximum absolute atomic E-state index is 4.36. The minimum atomic E-state index is 0. The summed E-state index contributed by atoms with van der Waals surface area (Å²) in [5.74, 6) is 0.916. The largest absolute Gasteiger partial charge is 0.356 e. The number of halogens is 1. The quantitative estimate of drug-likeness (QED) is 0.227. The van der Waals surface area contributed by atoms with Gasteiger partial charge in [-0.3, -0.25) is 9.67 Å². The molecule has 0 radical (unpaired) electrons. The number of aliphatic imine (C=N–C) groups is 1. The molecule has 0 saturated carbocycles. The zero-order valence-corrected chi connectivity index (χ0v) is 17.6. The van der Waals surface area contributed by atoms with Gasteiger partial charge in [0.25, 0.3) is 0 Å². The molecule has 7 heteroatoms. The van der Waals surface area contributed by atoms with E-state index in [-0.39, 0.29) is 24.0 Å². The molecule has 0 spiro atoms. The van der Waals surface area contributed by atoms with Crippen LogP contribution < -0.4 is 5.32 Å². The molecule has 2 aromatic rings. The molecule has 0 bridgehead atoms. The fourth-order valence-electron chi connectivity index (χ4n) is 2.34. The average molecular weight is 459 g/mol. The number of benzene rings is 1. The molecule has 0 saturated heterocycles. The molecule has 0 aliphatic carbocycles. The van der Waals surface area contributed by atoms with E-state index in [1.54, 1.807) is 11.8 Å². The van der Waals surface area contributed by atoms with Crippen molar-refractivity contribution in [1.82, 2.24) is 20.0 Å². The highest BCUT2D eigenvalue weighted by Crippen LogP contribution is 2.15. The van der Waals surface area contributed by atoms with Crippen molar-refractivity contribution in [3.63, 3.8) is 0 Å².